The molecular weight excluding hydrogens is 378 g/mol. The third kappa shape index (κ3) is 5.52. The fourth-order valence-electron chi connectivity index (χ4n) is 2.37. The zero-order valence-electron chi connectivity index (χ0n) is 15.1. The second-order valence-corrected chi connectivity index (χ2v) is 6.78. The summed E-state index contributed by atoms with van der Waals surface area (Å²) in [4.78, 5) is 24.2. The van der Waals surface area contributed by atoms with Crippen molar-refractivity contribution in [3.05, 3.63) is 65.2 Å². The minimum atomic E-state index is -0.472. The van der Waals surface area contributed by atoms with Gasteiger partial charge >= 0.3 is 6.03 Å². The van der Waals surface area contributed by atoms with Crippen molar-refractivity contribution in [3.8, 4) is 5.75 Å². The predicted octanol–water partition coefficient (Wildman–Crippen LogP) is 3.05. The number of benzene rings is 2. The molecule has 0 unspecified atom stereocenters. The Morgan fingerprint density at radius 3 is 2.54 bits per heavy atom. The summed E-state index contributed by atoms with van der Waals surface area (Å²) in [6.45, 7) is 0.449. The van der Waals surface area contributed by atoms with Crippen LogP contribution in [-0.2, 0) is 17.8 Å². The highest BCUT2D eigenvalue weighted by atomic mass is 32.1. The molecule has 28 heavy (non-hydrogen) atoms. The SMILES string of the molecule is COc1ccccc1NC(=O)Nc1nnc(CC(=O)NCc2ccccc2)s1. The van der Waals surface area contributed by atoms with Crippen LogP contribution < -0.4 is 20.7 Å². The van der Waals surface area contributed by atoms with Gasteiger partial charge in [0.05, 0.1) is 19.2 Å². The number of rotatable bonds is 7. The summed E-state index contributed by atoms with van der Waals surface area (Å²) >= 11 is 1.15. The Balaban J connectivity index is 1.49. The Morgan fingerprint density at radius 1 is 1.00 bits per heavy atom. The molecule has 0 aliphatic heterocycles. The van der Waals surface area contributed by atoms with Crippen molar-refractivity contribution in [1.29, 1.82) is 0 Å². The second-order valence-electron chi connectivity index (χ2n) is 5.72. The molecule has 1 aromatic heterocycles. The van der Waals surface area contributed by atoms with Gasteiger partial charge in [0.25, 0.3) is 0 Å². The molecule has 9 heteroatoms. The molecule has 3 rings (SSSR count). The largest absolute Gasteiger partial charge is 0.495 e. The zero-order chi connectivity index (χ0) is 19.8. The number of hydrogen-bond acceptors (Lipinski definition) is 6. The Kier molecular flexibility index (Phi) is 6.53. The van der Waals surface area contributed by atoms with Crippen molar-refractivity contribution in [3.63, 3.8) is 0 Å². The van der Waals surface area contributed by atoms with Crippen LogP contribution in [0.3, 0.4) is 0 Å². The molecule has 0 spiro atoms. The first-order valence-electron chi connectivity index (χ1n) is 8.48. The van der Waals surface area contributed by atoms with E-state index >= 15 is 0 Å². The van der Waals surface area contributed by atoms with E-state index in [4.69, 9.17) is 4.74 Å². The number of nitrogens with one attached hydrogen (secondary N) is 3. The highest BCUT2D eigenvalue weighted by Crippen LogP contribution is 2.23. The maximum Gasteiger partial charge on any atom is 0.325 e. The zero-order valence-corrected chi connectivity index (χ0v) is 16.0. The Labute approximate surface area is 166 Å². The van der Waals surface area contributed by atoms with Crippen LogP contribution in [0.4, 0.5) is 15.6 Å². The van der Waals surface area contributed by atoms with Gasteiger partial charge in [-0.2, -0.15) is 0 Å². The van der Waals surface area contributed by atoms with Crippen LogP contribution in [0.2, 0.25) is 0 Å². The lowest BCUT2D eigenvalue weighted by molar-refractivity contribution is -0.120. The fraction of sp³-hybridized carbons (Fsp3) is 0.158. The van der Waals surface area contributed by atoms with Crippen LogP contribution in [0.1, 0.15) is 10.6 Å². The minimum absolute atomic E-state index is 0.0975. The van der Waals surface area contributed by atoms with Gasteiger partial charge in [-0.25, -0.2) is 4.79 Å². The quantitative estimate of drug-likeness (QED) is 0.568. The Morgan fingerprint density at radius 2 is 1.75 bits per heavy atom. The summed E-state index contributed by atoms with van der Waals surface area (Å²) in [5, 5.41) is 16.8. The molecule has 0 saturated carbocycles. The van der Waals surface area contributed by atoms with Crippen LogP contribution in [0.15, 0.2) is 54.6 Å². The average Bonchev–Trinajstić information content (AvgIpc) is 3.14. The van der Waals surface area contributed by atoms with Gasteiger partial charge in [-0.3, -0.25) is 10.1 Å². The molecule has 0 radical (unpaired) electrons. The number of amides is 3. The summed E-state index contributed by atoms with van der Waals surface area (Å²) in [5.41, 5.74) is 1.55. The number of nitrogens with zero attached hydrogens (tertiary/aromatic N) is 2. The number of carbonyl (C=O) groups excluding carboxylic acids is 2. The topological polar surface area (TPSA) is 105 Å². The molecule has 3 aromatic rings. The number of anilines is 2. The molecule has 0 atom stereocenters. The molecule has 8 nitrogen and oxygen atoms in total. The summed E-state index contributed by atoms with van der Waals surface area (Å²) < 4.78 is 5.19. The molecular formula is C19H19N5O3S. The number of aromatic nitrogens is 2. The van der Waals surface area contributed by atoms with Crippen LogP contribution in [0.25, 0.3) is 0 Å². The van der Waals surface area contributed by atoms with Crippen molar-refractivity contribution < 1.29 is 14.3 Å². The van der Waals surface area contributed by atoms with Crippen LogP contribution in [-0.4, -0.2) is 29.2 Å². The van der Waals surface area contributed by atoms with E-state index in [1.165, 1.54) is 7.11 Å². The van der Waals surface area contributed by atoms with Gasteiger partial charge in [-0.1, -0.05) is 53.8 Å². The van der Waals surface area contributed by atoms with Crippen molar-refractivity contribution in [2.75, 3.05) is 17.7 Å². The number of ether oxygens (including phenoxy) is 1. The van der Waals surface area contributed by atoms with E-state index in [1.54, 1.807) is 18.2 Å². The van der Waals surface area contributed by atoms with Crippen LogP contribution >= 0.6 is 11.3 Å². The summed E-state index contributed by atoms with van der Waals surface area (Å²) in [6.07, 6.45) is 0.0975. The second kappa shape index (κ2) is 9.47. The van der Waals surface area contributed by atoms with E-state index in [9.17, 15) is 9.59 Å². The van der Waals surface area contributed by atoms with Crippen molar-refractivity contribution in [2.24, 2.45) is 0 Å². The van der Waals surface area contributed by atoms with Gasteiger partial charge in [-0.15, -0.1) is 10.2 Å². The molecule has 144 valence electrons. The van der Waals surface area contributed by atoms with E-state index < -0.39 is 6.03 Å². The van der Waals surface area contributed by atoms with Crippen LogP contribution in [0, 0.1) is 0 Å². The maximum absolute atomic E-state index is 12.1. The molecule has 1 heterocycles. The van der Waals surface area contributed by atoms with Crippen molar-refractivity contribution >= 4 is 34.1 Å². The minimum Gasteiger partial charge on any atom is -0.495 e. The number of methoxy groups -OCH3 is 1. The first kappa shape index (κ1) is 19.3. The average molecular weight is 397 g/mol. The Bertz CT molecular complexity index is 946. The monoisotopic (exact) mass is 397 g/mol. The maximum atomic E-state index is 12.1. The van der Waals surface area contributed by atoms with Gasteiger partial charge in [0.15, 0.2) is 0 Å². The van der Waals surface area contributed by atoms with E-state index in [0.29, 0.717) is 28.1 Å². The summed E-state index contributed by atoms with van der Waals surface area (Å²) in [5.74, 6) is 0.385. The lowest BCUT2D eigenvalue weighted by atomic mass is 10.2. The Hall–Kier alpha value is -3.46. The highest BCUT2D eigenvalue weighted by Gasteiger charge is 2.12. The van der Waals surface area contributed by atoms with Gasteiger partial charge in [0.2, 0.25) is 11.0 Å². The number of urea groups is 1. The number of hydrogen-bond donors (Lipinski definition) is 3. The third-order valence-corrected chi connectivity index (χ3v) is 4.53. The van der Waals surface area contributed by atoms with E-state index in [2.05, 4.69) is 26.1 Å². The normalized spacial score (nSPS) is 10.2. The number of carbonyl (C=O) groups is 2. The van der Waals surface area contributed by atoms with E-state index in [-0.39, 0.29) is 12.3 Å². The molecule has 0 aliphatic rings. The standard InChI is InChI=1S/C19H19N5O3S/c1-27-15-10-6-5-9-14(15)21-18(26)22-19-24-23-17(28-19)11-16(25)20-12-13-7-3-2-4-8-13/h2-10H,11-12H2,1H3,(H,20,25)(H2,21,22,24,26). The smallest absolute Gasteiger partial charge is 0.325 e. The van der Waals surface area contributed by atoms with E-state index in [1.807, 2.05) is 36.4 Å². The predicted molar refractivity (Wildman–Crippen MR) is 108 cm³/mol. The van der Waals surface area contributed by atoms with E-state index in [0.717, 1.165) is 16.9 Å². The van der Waals surface area contributed by atoms with Gasteiger partial charge in [0.1, 0.15) is 10.8 Å². The lowest BCUT2D eigenvalue weighted by Gasteiger charge is -2.09. The molecule has 0 saturated heterocycles. The third-order valence-electron chi connectivity index (χ3n) is 3.69. The molecule has 2 aromatic carbocycles. The van der Waals surface area contributed by atoms with Gasteiger partial charge in [0, 0.05) is 6.54 Å². The van der Waals surface area contributed by atoms with Gasteiger partial charge in [-0.05, 0) is 17.7 Å². The van der Waals surface area contributed by atoms with Crippen LogP contribution in [0.5, 0.6) is 5.75 Å². The molecule has 3 amide bonds. The molecule has 0 bridgehead atoms. The fourth-order valence-corrected chi connectivity index (χ4v) is 3.10. The summed E-state index contributed by atoms with van der Waals surface area (Å²) in [6, 6.07) is 16.2. The lowest BCUT2D eigenvalue weighted by Crippen LogP contribution is -2.24. The van der Waals surface area contributed by atoms with Crippen molar-refractivity contribution in [2.45, 2.75) is 13.0 Å². The molecule has 0 fully saturated rings. The first-order valence-corrected chi connectivity index (χ1v) is 9.29. The number of para-hydroxylation sites is 2. The molecule has 3 N–H and O–H groups in total. The highest BCUT2D eigenvalue weighted by molar-refractivity contribution is 7.15. The van der Waals surface area contributed by atoms with Crippen molar-refractivity contribution in [1.82, 2.24) is 15.5 Å². The van der Waals surface area contributed by atoms with Gasteiger partial charge < -0.3 is 15.4 Å². The first-order chi connectivity index (χ1) is 13.6. The molecule has 0 aliphatic carbocycles. The summed E-state index contributed by atoms with van der Waals surface area (Å²) in [7, 11) is 1.53.